The molecule has 0 saturated heterocycles. The SMILES string of the molecule is N#Cc1cccc2[nH]c(C3C4C5CCC(C5)C34)nc12. The highest BCUT2D eigenvalue weighted by atomic mass is 15.0. The quantitative estimate of drug-likeness (QED) is 0.843. The van der Waals surface area contributed by atoms with E-state index in [0.717, 1.165) is 40.5 Å². The van der Waals surface area contributed by atoms with Crippen molar-refractivity contribution in [3.8, 4) is 6.07 Å². The number of imidazole rings is 1. The van der Waals surface area contributed by atoms with Gasteiger partial charge in [0.15, 0.2) is 0 Å². The van der Waals surface area contributed by atoms with Crippen molar-refractivity contribution in [1.29, 1.82) is 5.26 Å². The second-order valence-corrected chi connectivity index (χ2v) is 6.45. The summed E-state index contributed by atoms with van der Waals surface area (Å²) in [5.41, 5.74) is 2.57. The fourth-order valence-corrected chi connectivity index (χ4v) is 4.99. The highest BCUT2D eigenvalue weighted by molar-refractivity contribution is 5.81. The number of aromatic amines is 1. The second kappa shape index (κ2) is 3.19. The molecule has 4 atom stereocenters. The Hall–Kier alpha value is -1.82. The van der Waals surface area contributed by atoms with Crippen LogP contribution in [-0.2, 0) is 0 Å². The first-order valence-corrected chi connectivity index (χ1v) is 7.25. The molecule has 4 unspecified atom stereocenters. The van der Waals surface area contributed by atoms with E-state index in [2.05, 4.69) is 11.1 Å². The monoisotopic (exact) mass is 249 g/mol. The van der Waals surface area contributed by atoms with E-state index < -0.39 is 0 Å². The summed E-state index contributed by atoms with van der Waals surface area (Å²) < 4.78 is 0. The van der Waals surface area contributed by atoms with Crippen molar-refractivity contribution in [3.63, 3.8) is 0 Å². The molecule has 94 valence electrons. The van der Waals surface area contributed by atoms with Crippen LogP contribution in [0.2, 0.25) is 0 Å². The third-order valence-corrected chi connectivity index (χ3v) is 5.70. The second-order valence-electron chi connectivity index (χ2n) is 6.45. The van der Waals surface area contributed by atoms with E-state index in [1.165, 1.54) is 19.3 Å². The smallest absolute Gasteiger partial charge is 0.111 e. The van der Waals surface area contributed by atoms with Crippen molar-refractivity contribution in [2.75, 3.05) is 0 Å². The summed E-state index contributed by atoms with van der Waals surface area (Å²) in [6.07, 6.45) is 4.34. The normalized spacial score (nSPS) is 38.4. The lowest BCUT2D eigenvalue weighted by Crippen LogP contribution is -1.98. The molecule has 3 aliphatic rings. The molecule has 0 amide bonds. The van der Waals surface area contributed by atoms with Gasteiger partial charge in [-0.15, -0.1) is 0 Å². The van der Waals surface area contributed by atoms with Gasteiger partial charge < -0.3 is 4.98 Å². The van der Waals surface area contributed by atoms with E-state index in [1.807, 2.05) is 18.2 Å². The molecule has 0 aliphatic heterocycles. The average Bonchev–Trinajstić information content (AvgIpc) is 2.83. The Morgan fingerprint density at radius 1 is 1.21 bits per heavy atom. The zero-order valence-corrected chi connectivity index (χ0v) is 10.6. The third kappa shape index (κ3) is 1.15. The van der Waals surface area contributed by atoms with E-state index in [-0.39, 0.29) is 0 Å². The van der Waals surface area contributed by atoms with Gasteiger partial charge in [-0.3, -0.25) is 0 Å². The lowest BCUT2D eigenvalue weighted by molar-refractivity contribution is 0.456. The van der Waals surface area contributed by atoms with Gasteiger partial charge in [0.2, 0.25) is 0 Å². The van der Waals surface area contributed by atoms with E-state index in [1.54, 1.807) is 0 Å². The first-order chi connectivity index (χ1) is 9.36. The standard InChI is InChI=1S/C16H15N3/c17-7-10-2-1-3-11-15(10)19-16(18-11)14-12-8-4-5-9(6-8)13(12)14/h1-3,8-9,12-14H,4-6H2,(H,18,19). The molecule has 0 radical (unpaired) electrons. The van der Waals surface area contributed by atoms with Crippen molar-refractivity contribution >= 4 is 11.0 Å². The minimum atomic E-state index is 0.658. The zero-order chi connectivity index (χ0) is 12.6. The Kier molecular flexibility index (Phi) is 1.68. The van der Waals surface area contributed by atoms with Crippen molar-refractivity contribution in [2.45, 2.75) is 25.2 Å². The summed E-state index contributed by atoms with van der Waals surface area (Å²) in [6.45, 7) is 0. The van der Waals surface area contributed by atoms with Crippen LogP contribution in [0.3, 0.4) is 0 Å². The van der Waals surface area contributed by atoms with Gasteiger partial charge in [-0.05, 0) is 55.1 Å². The number of para-hydroxylation sites is 1. The molecule has 2 aromatic rings. The number of nitriles is 1. The van der Waals surface area contributed by atoms with Crippen LogP contribution in [0.15, 0.2) is 18.2 Å². The average molecular weight is 249 g/mol. The molecule has 1 heterocycles. The number of nitrogens with one attached hydrogen (secondary N) is 1. The number of hydrogen-bond acceptors (Lipinski definition) is 2. The number of aromatic nitrogens is 2. The van der Waals surface area contributed by atoms with Gasteiger partial charge >= 0.3 is 0 Å². The van der Waals surface area contributed by atoms with Gasteiger partial charge in [0, 0.05) is 5.92 Å². The number of nitrogens with zero attached hydrogens (tertiary/aromatic N) is 2. The van der Waals surface area contributed by atoms with Gasteiger partial charge in [-0.2, -0.15) is 5.26 Å². The molecular weight excluding hydrogens is 234 g/mol. The summed E-state index contributed by atoms with van der Waals surface area (Å²) >= 11 is 0. The first-order valence-electron chi connectivity index (χ1n) is 7.25. The van der Waals surface area contributed by atoms with Crippen LogP contribution in [0.4, 0.5) is 0 Å². The van der Waals surface area contributed by atoms with Gasteiger partial charge in [-0.1, -0.05) is 6.07 Å². The van der Waals surface area contributed by atoms with Crippen LogP contribution in [-0.4, -0.2) is 9.97 Å². The van der Waals surface area contributed by atoms with Gasteiger partial charge in [0.25, 0.3) is 0 Å². The van der Waals surface area contributed by atoms with Gasteiger partial charge in [0.05, 0.1) is 11.1 Å². The Labute approximate surface area is 111 Å². The Morgan fingerprint density at radius 2 is 2.00 bits per heavy atom. The summed E-state index contributed by atoms with van der Waals surface area (Å²) in [4.78, 5) is 8.21. The molecule has 3 heteroatoms. The zero-order valence-electron chi connectivity index (χ0n) is 10.6. The Balaban J connectivity index is 1.59. The molecule has 19 heavy (non-hydrogen) atoms. The number of fused-ring (bicyclic) bond motifs is 6. The van der Waals surface area contributed by atoms with Crippen LogP contribution >= 0.6 is 0 Å². The molecule has 3 saturated carbocycles. The number of H-pyrrole nitrogens is 1. The minimum Gasteiger partial charge on any atom is -0.342 e. The molecule has 3 fully saturated rings. The molecule has 1 aromatic heterocycles. The first kappa shape index (κ1) is 10.0. The maximum atomic E-state index is 9.15. The summed E-state index contributed by atoms with van der Waals surface area (Å²) in [7, 11) is 0. The number of benzene rings is 1. The van der Waals surface area contributed by atoms with E-state index >= 15 is 0 Å². The van der Waals surface area contributed by atoms with Crippen molar-refractivity contribution in [1.82, 2.24) is 9.97 Å². The predicted molar refractivity (Wildman–Crippen MR) is 71.4 cm³/mol. The fraction of sp³-hybridized carbons (Fsp3) is 0.500. The third-order valence-electron chi connectivity index (χ3n) is 5.70. The van der Waals surface area contributed by atoms with E-state index in [4.69, 9.17) is 10.2 Å². The van der Waals surface area contributed by atoms with Crippen molar-refractivity contribution in [3.05, 3.63) is 29.6 Å². The van der Waals surface area contributed by atoms with Crippen LogP contribution in [0.25, 0.3) is 11.0 Å². The van der Waals surface area contributed by atoms with E-state index in [0.29, 0.717) is 11.5 Å². The molecule has 5 rings (SSSR count). The maximum Gasteiger partial charge on any atom is 0.111 e. The molecule has 1 N–H and O–H groups in total. The van der Waals surface area contributed by atoms with Crippen LogP contribution in [0, 0.1) is 35.0 Å². The fourth-order valence-electron chi connectivity index (χ4n) is 4.99. The topological polar surface area (TPSA) is 52.5 Å². The summed E-state index contributed by atoms with van der Waals surface area (Å²) in [5, 5.41) is 9.15. The van der Waals surface area contributed by atoms with Crippen molar-refractivity contribution in [2.24, 2.45) is 23.7 Å². The lowest BCUT2D eigenvalue weighted by Gasteiger charge is -2.05. The Bertz CT molecular complexity index is 707. The van der Waals surface area contributed by atoms with Crippen LogP contribution in [0.1, 0.15) is 36.6 Å². The Morgan fingerprint density at radius 3 is 2.74 bits per heavy atom. The summed E-state index contributed by atoms with van der Waals surface area (Å²) in [6, 6.07) is 8.05. The molecule has 3 aliphatic carbocycles. The highest BCUT2D eigenvalue weighted by Crippen LogP contribution is 2.72. The van der Waals surface area contributed by atoms with Crippen LogP contribution in [0.5, 0.6) is 0 Å². The summed E-state index contributed by atoms with van der Waals surface area (Å²) in [5.74, 6) is 5.51. The molecule has 3 nitrogen and oxygen atoms in total. The molecule has 0 spiro atoms. The highest BCUT2D eigenvalue weighted by Gasteiger charge is 2.66. The van der Waals surface area contributed by atoms with Crippen molar-refractivity contribution < 1.29 is 0 Å². The maximum absolute atomic E-state index is 9.15. The lowest BCUT2D eigenvalue weighted by atomic mass is 10.0. The number of rotatable bonds is 1. The molecule has 1 aromatic carbocycles. The molecule has 2 bridgehead atoms. The predicted octanol–water partition coefficient (Wildman–Crippen LogP) is 3.19. The largest absolute Gasteiger partial charge is 0.342 e. The van der Waals surface area contributed by atoms with Gasteiger partial charge in [-0.25, -0.2) is 4.98 Å². The molecular formula is C16H15N3. The van der Waals surface area contributed by atoms with Crippen LogP contribution < -0.4 is 0 Å². The number of hydrogen-bond donors (Lipinski definition) is 1. The minimum absolute atomic E-state index is 0.658. The van der Waals surface area contributed by atoms with Gasteiger partial charge in [0.1, 0.15) is 17.4 Å². The van der Waals surface area contributed by atoms with E-state index in [9.17, 15) is 0 Å².